The molecule has 0 aliphatic heterocycles. The summed E-state index contributed by atoms with van der Waals surface area (Å²) in [6.45, 7) is 5.04. The van der Waals surface area contributed by atoms with E-state index in [0.29, 0.717) is 5.69 Å². The normalized spacial score (nSPS) is 13.0. The van der Waals surface area contributed by atoms with E-state index in [-0.39, 0.29) is 23.7 Å². The van der Waals surface area contributed by atoms with E-state index < -0.39 is 19.0 Å². The van der Waals surface area contributed by atoms with Gasteiger partial charge in [-0.15, -0.1) is 12.4 Å². The smallest absolute Gasteiger partial charge is 0.257 e. The van der Waals surface area contributed by atoms with Crippen molar-refractivity contribution in [1.29, 1.82) is 0 Å². The molecule has 8 heteroatoms. The van der Waals surface area contributed by atoms with Gasteiger partial charge < -0.3 is 11.1 Å². The number of carbonyl (C=O) groups excluding carboxylic acids is 1. The monoisotopic (exact) mass is 296 g/mol. The Bertz CT molecular complexity index is 417. The van der Waals surface area contributed by atoms with E-state index in [9.17, 15) is 13.6 Å². The molecule has 0 bridgehead atoms. The Morgan fingerprint density at radius 3 is 2.58 bits per heavy atom. The van der Waals surface area contributed by atoms with Gasteiger partial charge in [-0.05, 0) is 5.41 Å². The van der Waals surface area contributed by atoms with Crippen LogP contribution < -0.4 is 11.1 Å². The van der Waals surface area contributed by atoms with Crippen LogP contribution in [0.2, 0.25) is 0 Å². The Kier molecular flexibility index (Phi) is 6.38. The fourth-order valence-electron chi connectivity index (χ4n) is 1.28. The number of hydrogen-bond acceptors (Lipinski definition) is 3. The highest BCUT2D eigenvalue weighted by Gasteiger charge is 2.27. The molecule has 110 valence electrons. The molecule has 0 spiro atoms. The summed E-state index contributed by atoms with van der Waals surface area (Å²) in [5, 5.41) is 6.26. The summed E-state index contributed by atoms with van der Waals surface area (Å²) in [7, 11) is 0. The minimum Gasteiger partial charge on any atom is -0.322 e. The molecule has 0 aliphatic carbocycles. The first kappa shape index (κ1) is 17.8. The van der Waals surface area contributed by atoms with Crippen molar-refractivity contribution in [2.24, 2.45) is 11.1 Å². The van der Waals surface area contributed by atoms with Gasteiger partial charge in [0, 0.05) is 6.20 Å². The lowest BCUT2D eigenvalue weighted by Gasteiger charge is -2.25. The number of carbonyl (C=O) groups is 1. The minimum atomic E-state index is -2.48. The van der Waals surface area contributed by atoms with Crippen molar-refractivity contribution in [3.05, 3.63) is 12.4 Å². The van der Waals surface area contributed by atoms with Crippen LogP contribution in [0, 0.1) is 5.41 Å². The number of anilines is 1. The maximum absolute atomic E-state index is 12.1. The SMILES string of the molecule is CC(C)(C)[C@H](N)C(=O)Nc1cnn(CC(F)F)c1.Cl. The Hall–Kier alpha value is -1.21. The van der Waals surface area contributed by atoms with E-state index >= 15 is 0 Å². The van der Waals surface area contributed by atoms with E-state index in [4.69, 9.17) is 5.73 Å². The van der Waals surface area contributed by atoms with Crippen LogP contribution in [0.5, 0.6) is 0 Å². The van der Waals surface area contributed by atoms with Gasteiger partial charge in [0.2, 0.25) is 5.91 Å². The lowest BCUT2D eigenvalue weighted by Crippen LogP contribution is -2.45. The summed E-state index contributed by atoms with van der Waals surface area (Å²) in [5.41, 5.74) is 5.76. The van der Waals surface area contributed by atoms with Gasteiger partial charge in [-0.2, -0.15) is 5.10 Å². The fraction of sp³-hybridized carbons (Fsp3) is 0.636. The number of amides is 1. The first-order valence-corrected chi connectivity index (χ1v) is 5.57. The van der Waals surface area contributed by atoms with Crippen LogP contribution in [-0.2, 0) is 11.3 Å². The third kappa shape index (κ3) is 5.52. The highest BCUT2D eigenvalue weighted by molar-refractivity contribution is 5.94. The highest BCUT2D eigenvalue weighted by Crippen LogP contribution is 2.18. The highest BCUT2D eigenvalue weighted by atomic mass is 35.5. The molecule has 1 rings (SSSR count). The average Bonchev–Trinajstić information content (AvgIpc) is 2.61. The maximum Gasteiger partial charge on any atom is 0.257 e. The van der Waals surface area contributed by atoms with Crippen LogP contribution in [0.25, 0.3) is 0 Å². The van der Waals surface area contributed by atoms with Crippen molar-refractivity contribution in [2.75, 3.05) is 5.32 Å². The third-order valence-electron chi connectivity index (χ3n) is 2.44. The Morgan fingerprint density at radius 1 is 1.53 bits per heavy atom. The molecule has 19 heavy (non-hydrogen) atoms. The number of halogens is 3. The quantitative estimate of drug-likeness (QED) is 0.891. The second kappa shape index (κ2) is 6.81. The zero-order valence-electron chi connectivity index (χ0n) is 11.1. The standard InChI is InChI=1S/C11H18F2N4O.ClH/c1-11(2,3)9(14)10(18)16-7-4-15-17(5-7)6-8(12)13;/h4-5,8-9H,6,14H2,1-3H3,(H,16,18);1H/t9-;/m1./s1. The first-order valence-electron chi connectivity index (χ1n) is 5.57. The molecule has 0 fully saturated rings. The summed E-state index contributed by atoms with van der Waals surface area (Å²) >= 11 is 0. The number of nitrogens with zero attached hydrogens (tertiary/aromatic N) is 2. The number of hydrogen-bond donors (Lipinski definition) is 2. The molecule has 1 aromatic heterocycles. The van der Waals surface area contributed by atoms with E-state index in [1.807, 2.05) is 20.8 Å². The number of aromatic nitrogens is 2. The number of nitrogens with one attached hydrogen (secondary N) is 1. The van der Waals surface area contributed by atoms with E-state index in [0.717, 1.165) is 4.68 Å². The number of nitrogens with two attached hydrogens (primary N) is 1. The van der Waals surface area contributed by atoms with Crippen LogP contribution in [0.15, 0.2) is 12.4 Å². The number of alkyl halides is 2. The average molecular weight is 297 g/mol. The zero-order chi connectivity index (χ0) is 13.9. The van der Waals surface area contributed by atoms with Gasteiger partial charge in [0.15, 0.2) is 0 Å². The predicted octanol–water partition coefficient (Wildman–Crippen LogP) is 1.88. The first-order chi connectivity index (χ1) is 8.20. The van der Waals surface area contributed by atoms with E-state index in [2.05, 4.69) is 10.4 Å². The van der Waals surface area contributed by atoms with Gasteiger partial charge in [-0.1, -0.05) is 20.8 Å². The number of rotatable bonds is 4. The third-order valence-corrected chi connectivity index (χ3v) is 2.44. The van der Waals surface area contributed by atoms with Crippen molar-refractivity contribution in [2.45, 2.75) is 39.8 Å². The molecule has 1 atom stereocenters. The van der Waals surface area contributed by atoms with E-state index in [1.54, 1.807) is 0 Å². The van der Waals surface area contributed by atoms with Crippen LogP contribution in [0.3, 0.4) is 0 Å². The molecule has 0 aromatic carbocycles. The van der Waals surface area contributed by atoms with Gasteiger partial charge in [0.05, 0.1) is 17.9 Å². The Labute approximate surface area is 116 Å². The molecular formula is C11H19ClF2N4O. The second-order valence-corrected chi connectivity index (χ2v) is 5.18. The molecule has 5 nitrogen and oxygen atoms in total. The minimum absolute atomic E-state index is 0. The van der Waals surface area contributed by atoms with Crippen LogP contribution >= 0.6 is 12.4 Å². The predicted molar refractivity (Wildman–Crippen MR) is 71.5 cm³/mol. The molecule has 1 heterocycles. The molecule has 3 N–H and O–H groups in total. The van der Waals surface area contributed by atoms with Gasteiger partial charge in [0.1, 0.15) is 6.54 Å². The maximum atomic E-state index is 12.1. The Morgan fingerprint density at radius 2 is 2.11 bits per heavy atom. The molecule has 0 saturated heterocycles. The van der Waals surface area contributed by atoms with Crippen molar-refractivity contribution in [1.82, 2.24) is 9.78 Å². The van der Waals surface area contributed by atoms with Crippen LogP contribution in [0.4, 0.5) is 14.5 Å². The summed E-state index contributed by atoms with van der Waals surface area (Å²) < 4.78 is 25.3. The summed E-state index contributed by atoms with van der Waals surface area (Å²) in [4.78, 5) is 11.8. The second-order valence-electron chi connectivity index (χ2n) is 5.18. The van der Waals surface area contributed by atoms with Gasteiger partial charge in [-0.25, -0.2) is 8.78 Å². The summed E-state index contributed by atoms with van der Waals surface area (Å²) in [6.07, 6.45) is 0.181. The Balaban J connectivity index is 0.00000324. The van der Waals surface area contributed by atoms with Gasteiger partial charge in [0.25, 0.3) is 6.43 Å². The molecule has 0 saturated carbocycles. The van der Waals surface area contributed by atoms with Crippen molar-refractivity contribution < 1.29 is 13.6 Å². The molecular weight excluding hydrogens is 278 g/mol. The fourth-order valence-corrected chi connectivity index (χ4v) is 1.28. The lowest BCUT2D eigenvalue weighted by atomic mass is 9.87. The van der Waals surface area contributed by atoms with Crippen LogP contribution in [-0.4, -0.2) is 28.2 Å². The van der Waals surface area contributed by atoms with E-state index in [1.165, 1.54) is 12.4 Å². The molecule has 0 unspecified atom stereocenters. The molecule has 0 radical (unpaired) electrons. The molecule has 0 aliphatic rings. The van der Waals surface area contributed by atoms with Gasteiger partial charge in [-0.3, -0.25) is 9.48 Å². The van der Waals surface area contributed by atoms with Crippen molar-refractivity contribution in [3.8, 4) is 0 Å². The summed E-state index contributed by atoms with van der Waals surface area (Å²) in [5.74, 6) is -0.362. The largest absolute Gasteiger partial charge is 0.322 e. The van der Waals surface area contributed by atoms with Crippen molar-refractivity contribution in [3.63, 3.8) is 0 Å². The molecule has 1 amide bonds. The lowest BCUT2D eigenvalue weighted by molar-refractivity contribution is -0.119. The summed E-state index contributed by atoms with van der Waals surface area (Å²) in [6, 6.07) is -0.684. The molecule has 1 aromatic rings. The van der Waals surface area contributed by atoms with Crippen LogP contribution in [0.1, 0.15) is 20.8 Å². The van der Waals surface area contributed by atoms with Crippen molar-refractivity contribution >= 4 is 24.0 Å². The topological polar surface area (TPSA) is 72.9 Å². The zero-order valence-corrected chi connectivity index (χ0v) is 11.9. The van der Waals surface area contributed by atoms with Gasteiger partial charge >= 0.3 is 0 Å².